The quantitative estimate of drug-likeness (QED) is 0.721. The minimum atomic E-state index is -0.0556. The van der Waals surface area contributed by atoms with Gasteiger partial charge in [0, 0.05) is 7.05 Å². The summed E-state index contributed by atoms with van der Waals surface area (Å²) in [6.45, 7) is 1.81. The molecule has 0 aromatic carbocycles. The summed E-state index contributed by atoms with van der Waals surface area (Å²) in [7, 11) is 1.78. The molecular weight excluding hydrogens is 283 g/mol. The summed E-state index contributed by atoms with van der Waals surface area (Å²) < 4.78 is 2.07. The zero-order valence-corrected chi connectivity index (χ0v) is 9.29. The van der Waals surface area contributed by atoms with Crippen molar-refractivity contribution < 1.29 is 0 Å². The van der Waals surface area contributed by atoms with Crippen LogP contribution in [0, 0.1) is 10.6 Å². The molecule has 0 atom stereocenters. The van der Waals surface area contributed by atoms with Crippen LogP contribution < -0.4 is 5.43 Å². The molecule has 0 saturated carbocycles. The van der Waals surface area contributed by atoms with Crippen molar-refractivity contribution in [1.82, 2.24) is 20.0 Å². The van der Waals surface area contributed by atoms with Gasteiger partial charge in [-0.2, -0.15) is 10.2 Å². The number of hydrogen-bond donors (Lipinski definition) is 1. The van der Waals surface area contributed by atoms with E-state index in [2.05, 4.69) is 15.3 Å². The molecule has 0 unspecified atom stereocenters. The van der Waals surface area contributed by atoms with Gasteiger partial charge in [-0.05, 0) is 29.5 Å². The van der Waals surface area contributed by atoms with Crippen molar-refractivity contribution >= 4 is 33.6 Å². The van der Waals surface area contributed by atoms with E-state index in [4.69, 9.17) is 0 Å². The molecule has 2 rings (SSSR count). The molecule has 13 heavy (non-hydrogen) atoms. The molecule has 0 aliphatic heterocycles. The van der Waals surface area contributed by atoms with E-state index in [9.17, 15) is 4.79 Å². The Labute approximate surface area is 87.3 Å². The topological polar surface area (TPSA) is 63.6 Å². The number of aromatic amines is 1. The maximum absolute atomic E-state index is 11.6. The first-order valence-corrected chi connectivity index (χ1v) is 4.76. The Morgan fingerprint density at radius 3 is 2.92 bits per heavy atom. The van der Waals surface area contributed by atoms with Crippen molar-refractivity contribution in [3.05, 3.63) is 19.6 Å². The van der Waals surface area contributed by atoms with E-state index < -0.39 is 0 Å². The van der Waals surface area contributed by atoms with E-state index in [0.717, 1.165) is 5.69 Å². The highest BCUT2D eigenvalue weighted by molar-refractivity contribution is 14.1. The molecule has 0 bridgehead atoms. The number of fused-ring (bicyclic) bond motifs is 1. The molecule has 2 heterocycles. The van der Waals surface area contributed by atoms with Gasteiger partial charge in [0.1, 0.15) is 0 Å². The lowest BCUT2D eigenvalue weighted by atomic mass is 10.3. The molecule has 0 aliphatic carbocycles. The number of hydrogen-bond acceptors (Lipinski definition) is 3. The lowest BCUT2D eigenvalue weighted by Gasteiger charge is -1.92. The molecular formula is C7H7IN4O. The average Bonchev–Trinajstić information content (AvgIpc) is 2.35. The summed E-state index contributed by atoms with van der Waals surface area (Å²) >= 11 is 1.91. The predicted octanol–water partition coefficient (Wildman–Crippen LogP) is 0.570. The number of halogens is 1. The lowest BCUT2D eigenvalue weighted by Crippen LogP contribution is -2.10. The highest BCUT2D eigenvalue weighted by atomic mass is 127. The number of aromatic nitrogens is 4. The first-order valence-electron chi connectivity index (χ1n) is 3.68. The fourth-order valence-electron chi connectivity index (χ4n) is 1.31. The first kappa shape index (κ1) is 8.67. The van der Waals surface area contributed by atoms with Crippen molar-refractivity contribution in [1.29, 1.82) is 0 Å². The maximum Gasteiger partial charge on any atom is 0.225 e. The van der Waals surface area contributed by atoms with Crippen LogP contribution in [0.2, 0.25) is 0 Å². The molecule has 2 aromatic heterocycles. The molecule has 0 amide bonds. The van der Waals surface area contributed by atoms with Gasteiger partial charge >= 0.3 is 0 Å². The number of H-pyrrole nitrogens is 1. The summed E-state index contributed by atoms with van der Waals surface area (Å²) in [5, 5.41) is 11.4. The first-order chi connectivity index (χ1) is 6.11. The highest BCUT2D eigenvalue weighted by Crippen LogP contribution is 2.10. The van der Waals surface area contributed by atoms with Gasteiger partial charge in [-0.1, -0.05) is 0 Å². The molecule has 6 heteroatoms. The molecule has 1 N–H and O–H groups in total. The second-order valence-corrected chi connectivity index (χ2v) is 3.80. The van der Waals surface area contributed by atoms with Gasteiger partial charge in [-0.25, -0.2) is 0 Å². The smallest absolute Gasteiger partial charge is 0.225 e. The van der Waals surface area contributed by atoms with Crippen molar-refractivity contribution in [3.8, 4) is 0 Å². The van der Waals surface area contributed by atoms with Crippen LogP contribution in [0.1, 0.15) is 5.69 Å². The Bertz CT molecular complexity index is 527. The third-order valence-corrected chi connectivity index (χ3v) is 2.63. The lowest BCUT2D eigenvalue weighted by molar-refractivity contribution is 0.765. The molecule has 5 nitrogen and oxygen atoms in total. The number of aryl methyl sites for hydroxylation is 2. The zero-order chi connectivity index (χ0) is 9.59. The molecule has 0 spiro atoms. The van der Waals surface area contributed by atoms with Crippen molar-refractivity contribution in [2.45, 2.75) is 6.92 Å². The second-order valence-electron chi connectivity index (χ2n) is 2.78. The molecule has 0 aliphatic rings. The normalized spacial score (nSPS) is 11.0. The average molecular weight is 290 g/mol. The summed E-state index contributed by atoms with van der Waals surface area (Å²) in [5.41, 5.74) is 1.35. The molecule has 68 valence electrons. The van der Waals surface area contributed by atoms with E-state index in [1.807, 2.05) is 29.5 Å². The van der Waals surface area contributed by atoms with E-state index in [1.54, 1.807) is 11.7 Å². The van der Waals surface area contributed by atoms with Gasteiger partial charge in [0.2, 0.25) is 5.43 Å². The summed E-state index contributed by atoms with van der Waals surface area (Å²) in [4.78, 5) is 11.6. The monoisotopic (exact) mass is 290 g/mol. The Balaban J connectivity index is 3.08. The molecule has 0 radical (unpaired) electrons. The SMILES string of the molecule is Cc1nn(C)c2[nH]nc(I)c(=O)c12. The summed E-state index contributed by atoms with van der Waals surface area (Å²) in [6, 6.07) is 0. The maximum atomic E-state index is 11.6. The van der Waals surface area contributed by atoms with Gasteiger partial charge in [0.05, 0.1) is 11.1 Å². The molecule has 0 fully saturated rings. The third kappa shape index (κ3) is 1.16. The van der Waals surface area contributed by atoms with Crippen LogP contribution in [0.4, 0.5) is 0 Å². The van der Waals surface area contributed by atoms with Gasteiger partial charge in [0.25, 0.3) is 0 Å². The Hall–Kier alpha value is -0.920. The van der Waals surface area contributed by atoms with Crippen molar-refractivity contribution in [2.75, 3.05) is 0 Å². The summed E-state index contributed by atoms with van der Waals surface area (Å²) in [5.74, 6) is 0. The fourth-order valence-corrected chi connectivity index (χ4v) is 1.70. The Kier molecular flexibility index (Phi) is 1.86. The van der Waals surface area contributed by atoms with Gasteiger partial charge < -0.3 is 0 Å². The van der Waals surface area contributed by atoms with Crippen molar-refractivity contribution in [3.63, 3.8) is 0 Å². The van der Waals surface area contributed by atoms with Crippen LogP contribution in [-0.4, -0.2) is 20.0 Å². The van der Waals surface area contributed by atoms with Crippen LogP contribution in [0.25, 0.3) is 11.0 Å². The predicted molar refractivity (Wildman–Crippen MR) is 56.6 cm³/mol. The van der Waals surface area contributed by atoms with Crippen molar-refractivity contribution in [2.24, 2.45) is 7.05 Å². The minimum Gasteiger partial charge on any atom is -0.286 e. The second kappa shape index (κ2) is 2.79. The van der Waals surface area contributed by atoms with Gasteiger partial charge in [-0.15, -0.1) is 0 Å². The minimum absolute atomic E-state index is 0.0556. The highest BCUT2D eigenvalue weighted by Gasteiger charge is 2.11. The molecule has 0 saturated heterocycles. The third-order valence-electron chi connectivity index (χ3n) is 1.90. The largest absolute Gasteiger partial charge is 0.286 e. The van der Waals surface area contributed by atoms with E-state index in [0.29, 0.717) is 14.7 Å². The fraction of sp³-hybridized carbons (Fsp3) is 0.286. The Morgan fingerprint density at radius 1 is 1.54 bits per heavy atom. The van der Waals surface area contributed by atoms with E-state index in [-0.39, 0.29) is 5.43 Å². The van der Waals surface area contributed by atoms with E-state index in [1.165, 1.54) is 0 Å². The standard InChI is InChI=1S/C7H7IN4O/c1-3-4-5(13)6(8)9-10-7(4)12(2)11-3/h1-2H3,(H,10,13). The number of rotatable bonds is 0. The number of nitrogens with zero attached hydrogens (tertiary/aromatic N) is 3. The summed E-state index contributed by atoms with van der Waals surface area (Å²) in [6.07, 6.45) is 0. The van der Waals surface area contributed by atoms with Crippen LogP contribution in [0.5, 0.6) is 0 Å². The van der Waals surface area contributed by atoms with Crippen LogP contribution >= 0.6 is 22.6 Å². The molecule has 2 aromatic rings. The Morgan fingerprint density at radius 2 is 2.23 bits per heavy atom. The van der Waals surface area contributed by atoms with Crippen LogP contribution in [0.15, 0.2) is 4.79 Å². The van der Waals surface area contributed by atoms with Gasteiger partial charge in [-0.3, -0.25) is 14.6 Å². The van der Waals surface area contributed by atoms with Crippen LogP contribution in [-0.2, 0) is 7.05 Å². The number of nitrogens with one attached hydrogen (secondary N) is 1. The van der Waals surface area contributed by atoms with Crippen LogP contribution in [0.3, 0.4) is 0 Å². The van der Waals surface area contributed by atoms with Gasteiger partial charge in [0.15, 0.2) is 9.35 Å². The van der Waals surface area contributed by atoms with E-state index >= 15 is 0 Å². The zero-order valence-electron chi connectivity index (χ0n) is 7.13.